The quantitative estimate of drug-likeness (QED) is 0.795. The van der Waals surface area contributed by atoms with E-state index in [1.165, 1.54) is 0 Å². The fourth-order valence-corrected chi connectivity index (χ4v) is 1.95. The van der Waals surface area contributed by atoms with E-state index in [4.69, 9.17) is 9.47 Å². The molecule has 0 saturated heterocycles. The molecule has 0 aromatic heterocycles. The number of rotatable bonds is 4. The average Bonchev–Trinajstić information content (AvgIpc) is 2.75. The Balaban J connectivity index is 2.34. The molecule has 2 rings (SSSR count). The lowest BCUT2D eigenvalue weighted by Crippen LogP contribution is -2.16. The van der Waals surface area contributed by atoms with Crippen molar-refractivity contribution >= 4 is 0 Å². The first-order valence-corrected chi connectivity index (χ1v) is 5.42. The molecule has 0 radical (unpaired) electrons. The molecule has 1 aliphatic heterocycles. The molecule has 1 atom stereocenters. The minimum atomic E-state index is -0.509. The number of nitrogens with one attached hydrogen (secondary N) is 1. The Hall–Kier alpha value is -1.26. The van der Waals surface area contributed by atoms with Gasteiger partial charge in [-0.2, -0.15) is 0 Å². The van der Waals surface area contributed by atoms with E-state index in [1.807, 2.05) is 19.2 Å². The van der Waals surface area contributed by atoms with Gasteiger partial charge in [-0.15, -0.1) is 0 Å². The normalized spacial score (nSPS) is 15.4. The third-order valence-electron chi connectivity index (χ3n) is 2.77. The molecular formula is C12H17NO3. The number of aliphatic hydroxyl groups is 1. The second kappa shape index (κ2) is 4.72. The number of methoxy groups -OCH3 is 1. The molecule has 0 fully saturated rings. The van der Waals surface area contributed by atoms with Gasteiger partial charge in [0.2, 0.25) is 0 Å². The fraction of sp³-hybridized carbons (Fsp3) is 0.500. The highest BCUT2D eigenvalue weighted by Gasteiger charge is 2.20. The first-order valence-electron chi connectivity index (χ1n) is 5.42. The highest BCUT2D eigenvalue weighted by atomic mass is 16.5. The van der Waals surface area contributed by atoms with E-state index in [2.05, 4.69) is 5.32 Å². The molecule has 4 heteroatoms. The summed E-state index contributed by atoms with van der Waals surface area (Å²) in [6, 6.07) is 3.83. The van der Waals surface area contributed by atoms with E-state index < -0.39 is 6.10 Å². The molecule has 0 amide bonds. The number of hydrogen-bond acceptors (Lipinski definition) is 4. The van der Waals surface area contributed by atoms with Crippen LogP contribution < -0.4 is 14.8 Å². The molecule has 1 unspecified atom stereocenters. The number of benzene rings is 1. The third-order valence-corrected chi connectivity index (χ3v) is 2.77. The van der Waals surface area contributed by atoms with Crippen molar-refractivity contribution in [2.75, 3.05) is 27.3 Å². The van der Waals surface area contributed by atoms with Crippen LogP contribution in [-0.4, -0.2) is 32.4 Å². The van der Waals surface area contributed by atoms with Gasteiger partial charge in [-0.25, -0.2) is 0 Å². The average molecular weight is 223 g/mol. The molecular weight excluding hydrogens is 206 g/mol. The number of likely N-dealkylation sites (N-methyl/N-ethyl adjacent to an activating group) is 1. The van der Waals surface area contributed by atoms with Gasteiger partial charge in [0.1, 0.15) is 0 Å². The van der Waals surface area contributed by atoms with Gasteiger partial charge in [-0.05, 0) is 24.7 Å². The summed E-state index contributed by atoms with van der Waals surface area (Å²) in [7, 11) is 3.43. The number of ether oxygens (including phenoxy) is 2. The van der Waals surface area contributed by atoms with Gasteiger partial charge < -0.3 is 19.9 Å². The first-order chi connectivity index (χ1) is 7.76. The van der Waals surface area contributed by atoms with Crippen LogP contribution in [0, 0.1) is 0 Å². The number of aliphatic hydroxyl groups excluding tert-OH is 1. The van der Waals surface area contributed by atoms with Crippen molar-refractivity contribution in [2.45, 2.75) is 12.5 Å². The smallest absolute Gasteiger partial charge is 0.164 e. The molecule has 88 valence electrons. The number of fused-ring (bicyclic) bond motifs is 1. The molecule has 1 aromatic carbocycles. The molecule has 0 spiro atoms. The summed E-state index contributed by atoms with van der Waals surface area (Å²) < 4.78 is 10.8. The van der Waals surface area contributed by atoms with Crippen LogP contribution in [0.4, 0.5) is 0 Å². The highest BCUT2D eigenvalue weighted by Crippen LogP contribution is 2.38. The maximum absolute atomic E-state index is 9.91. The van der Waals surface area contributed by atoms with Crippen LogP contribution in [0.5, 0.6) is 11.5 Å². The van der Waals surface area contributed by atoms with Gasteiger partial charge in [0.15, 0.2) is 11.5 Å². The standard InChI is InChI=1S/C12H17NO3/c1-13-7-10(14)9-5-8-3-4-16-12(8)11(6-9)15-2/h5-6,10,13-14H,3-4,7H2,1-2H3. The van der Waals surface area contributed by atoms with E-state index in [1.54, 1.807) is 7.11 Å². The maximum Gasteiger partial charge on any atom is 0.164 e. The lowest BCUT2D eigenvalue weighted by molar-refractivity contribution is 0.177. The second-order valence-corrected chi connectivity index (χ2v) is 3.88. The Morgan fingerprint density at radius 3 is 3.06 bits per heavy atom. The van der Waals surface area contributed by atoms with Gasteiger partial charge >= 0.3 is 0 Å². The molecule has 0 aliphatic carbocycles. The van der Waals surface area contributed by atoms with E-state index in [-0.39, 0.29) is 0 Å². The minimum Gasteiger partial charge on any atom is -0.493 e. The Morgan fingerprint density at radius 2 is 2.38 bits per heavy atom. The lowest BCUT2D eigenvalue weighted by atomic mass is 10.0. The Labute approximate surface area is 95.2 Å². The summed E-state index contributed by atoms with van der Waals surface area (Å²) in [5, 5.41) is 12.9. The Kier molecular flexibility index (Phi) is 3.31. The van der Waals surface area contributed by atoms with Gasteiger partial charge in [0.25, 0.3) is 0 Å². The highest BCUT2D eigenvalue weighted by molar-refractivity contribution is 5.51. The molecule has 4 nitrogen and oxygen atoms in total. The summed E-state index contributed by atoms with van der Waals surface area (Å²) >= 11 is 0. The molecule has 1 aliphatic rings. The predicted octanol–water partition coefficient (Wildman–Crippen LogP) is 0.883. The van der Waals surface area contributed by atoms with Crippen LogP contribution in [0.15, 0.2) is 12.1 Å². The summed E-state index contributed by atoms with van der Waals surface area (Å²) in [5.41, 5.74) is 1.99. The monoisotopic (exact) mass is 223 g/mol. The predicted molar refractivity (Wildman–Crippen MR) is 61.1 cm³/mol. The zero-order chi connectivity index (χ0) is 11.5. The second-order valence-electron chi connectivity index (χ2n) is 3.88. The van der Waals surface area contributed by atoms with Crippen molar-refractivity contribution in [3.05, 3.63) is 23.3 Å². The summed E-state index contributed by atoms with van der Waals surface area (Å²) in [4.78, 5) is 0. The van der Waals surface area contributed by atoms with E-state index in [9.17, 15) is 5.11 Å². The van der Waals surface area contributed by atoms with Gasteiger partial charge in [0.05, 0.1) is 19.8 Å². The first kappa shape index (κ1) is 11.2. The van der Waals surface area contributed by atoms with Gasteiger partial charge in [-0.3, -0.25) is 0 Å². The molecule has 1 heterocycles. The Bertz CT molecular complexity index is 379. The van der Waals surface area contributed by atoms with Crippen molar-refractivity contribution in [3.8, 4) is 11.5 Å². The molecule has 0 bridgehead atoms. The number of hydrogen-bond donors (Lipinski definition) is 2. The fourth-order valence-electron chi connectivity index (χ4n) is 1.95. The largest absolute Gasteiger partial charge is 0.493 e. The van der Waals surface area contributed by atoms with Gasteiger partial charge in [0, 0.05) is 18.5 Å². The van der Waals surface area contributed by atoms with Crippen molar-refractivity contribution in [1.82, 2.24) is 5.32 Å². The summed E-state index contributed by atoms with van der Waals surface area (Å²) in [6.07, 6.45) is 0.371. The summed E-state index contributed by atoms with van der Waals surface area (Å²) in [6.45, 7) is 1.22. The lowest BCUT2D eigenvalue weighted by Gasteiger charge is -2.14. The van der Waals surface area contributed by atoms with Crippen LogP contribution in [-0.2, 0) is 6.42 Å². The molecule has 16 heavy (non-hydrogen) atoms. The van der Waals surface area contributed by atoms with E-state index in [0.29, 0.717) is 18.9 Å². The van der Waals surface area contributed by atoms with Crippen LogP contribution in [0.2, 0.25) is 0 Å². The van der Waals surface area contributed by atoms with Crippen LogP contribution in [0.3, 0.4) is 0 Å². The SMILES string of the molecule is CNCC(O)c1cc2c(c(OC)c1)OCC2. The van der Waals surface area contributed by atoms with Gasteiger partial charge in [-0.1, -0.05) is 0 Å². The van der Waals surface area contributed by atoms with Crippen LogP contribution in [0.1, 0.15) is 17.2 Å². The maximum atomic E-state index is 9.91. The zero-order valence-corrected chi connectivity index (χ0v) is 9.62. The van der Waals surface area contributed by atoms with E-state index in [0.717, 1.165) is 23.3 Å². The Morgan fingerprint density at radius 1 is 1.56 bits per heavy atom. The topological polar surface area (TPSA) is 50.7 Å². The minimum absolute atomic E-state index is 0.509. The van der Waals surface area contributed by atoms with Crippen molar-refractivity contribution < 1.29 is 14.6 Å². The van der Waals surface area contributed by atoms with E-state index >= 15 is 0 Å². The molecule has 1 aromatic rings. The van der Waals surface area contributed by atoms with Crippen LogP contribution >= 0.6 is 0 Å². The zero-order valence-electron chi connectivity index (χ0n) is 9.62. The molecule has 0 saturated carbocycles. The van der Waals surface area contributed by atoms with Crippen molar-refractivity contribution in [1.29, 1.82) is 0 Å². The molecule has 2 N–H and O–H groups in total. The van der Waals surface area contributed by atoms with Crippen molar-refractivity contribution in [2.24, 2.45) is 0 Å². The van der Waals surface area contributed by atoms with Crippen LogP contribution in [0.25, 0.3) is 0 Å². The van der Waals surface area contributed by atoms with Crippen molar-refractivity contribution in [3.63, 3.8) is 0 Å². The third kappa shape index (κ3) is 1.99. The summed E-state index contributed by atoms with van der Waals surface area (Å²) in [5.74, 6) is 1.53.